The Kier molecular flexibility index (Phi) is 5.09. The van der Waals surface area contributed by atoms with Gasteiger partial charge in [-0.05, 0) is 12.3 Å². The Morgan fingerprint density at radius 3 is 2.68 bits per heavy atom. The molecule has 0 aromatic carbocycles. The van der Waals surface area contributed by atoms with E-state index in [4.69, 9.17) is 5.84 Å². The van der Waals surface area contributed by atoms with Gasteiger partial charge in [-0.3, -0.25) is 4.79 Å². The van der Waals surface area contributed by atoms with E-state index in [1.165, 1.54) is 44.5 Å². The van der Waals surface area contributed by atoms with Crippen molar-refractivity contribution in [2.45, 2.75) is 38.5 Å². The van der Waals surface area contributed by atoms with E-state index in [1.54, 1.807) is 0 Å². The van der Waals surface area contributed by atoms with E-state index in [0.717, 1.165) is 12.3 Å². The van der Waals surface area contributed by atoms with Crippen LogP contribution in [0.25, 0.3) is 0 Å². The first kappa shape index (κ1) is 13.7. The van der Waals surface area contributed by atoms with Gasteiger partial charge in [0.05, 0.1) is 12.4 Å². The van der Waals surface area contributed by atoms with Crippen LogP contribution in [0.2, 0.25) is 0 Å². The Balaban J connectivity index is 1.73. The molecule has 6 heteroatoms. The Labute approximate surface area is 113 Å². The Bertz CT molecular complexity index is 400. The lowest BCUT2D eigenvalue weighted by atomic mass is 9.87. The molecule has 1 aliphatic carbocycles. The lowest BCUT2D eigenvalue weighted by molar-refractivity contribution is 0.0945. The number of nitrogens with one attached hydrogen (secondary N) is 2. The molecular weight excluding hydrogens is 242 g/mol. The van der Waals surface area contributed by atoms with E-state index in [0.29, 0.717) is 18.1 Å². The summed E-state index contributed by atoms with van der Waals surface area (Å²) in [5.41, 5.74) is 2.70. The van der Waals surface area contributed by atoms with Crippen LogP contribution in [-0.2, 0) is 0 Å². The van der Waals surface area contributed by atoms with Crippen LogP contribution in [0.1, 0.15) is 49.0 Å². The van der Waals surface area contributed by atoms with E-state index in [1.807, 2.05) is 0 Å². The molecule has 1 fully saturated rings. The quantitative estimate of drug-likeness (QED) is 0.552. The largest absolute Gasteiger partial charge is 0.351 e. The van der Waals surface area contributed by atoms with Gasteiger partial charge in [-0.15, -0.1) is 0 Å². The molecule has 104 valence electrons. The molecular formula is C13H21N5O. The molecule has 0 radical (unpaired) electrons. The van der Waals surface area contributed by atoms with Crippen molar-refractivity contribution in [2.75, 3.05) is 12.0 Å². The van der Waals surface area contributed by atoms with Crippen LogP contribution >= 0.6 is 0 Å². The molecule has 19 heavy (non-hydrogen) atoms. The molecule has 1 aliphatic rings. The third kappa shape index (κ3) is 4.17. The molecule has 1 amide bonds. The second-order valence-corrected chi connectivity index (χ2v) is 4.98. The monoisotopic (exact) mass is 263 g/mol. The van der Waals surface area contributed by atoms with Crippen LogP contribution in [0, 0.1) is 5.92 Å². The van der Waals surface area contributed by atoms with Crippen molar-refractivity contribution in [3.8, 4) is 0 Å². The number of hydrazine groups is 1. The summed E-state index contributed by atoms with van der Waals surface area (Å²) in [6.07, 6.45) is 10.5. The first-order valence-electron chi connectivity index (χ1n) is 6.86. The molecule has 6 nitrogen and oxygen atoms in total. The van der Waals surface area contributed by atoms with Gasteiger partial charge in [-0.2, -0.15) is 0 Å². The highest BCUT2D eigenvalue weighted by atomic mass is 16.1. The first-order chi connectivity index (χ1) is 9.29. The standard InChI is InChI=1S/C13H21N5O/c14-18-12-9-16-11(8-17-12)13(19)15-7-6-10-4-2-1-3-5-10/h8-10H,1-7,14H2,(H,15,19)(H,17,18). The number of nitrogens with zero attached hydrogens (tertiary/aromatic N) is 2. The number of nitrogen functional groups attached to an aromatic ring is 1. The third-order valence-electron chi connectivity index (χ3n) is 3.60. The Morgan fingerprint density at radius 2 is 2.05 bits per heavy atom. The van der Waals surface area contributed by atoms with Gasteiger partial charge in [-0.1, -0.05) is 32.1 Å². The van der Waals surface area contributed by atoms with Gasteiger partial charge in [0.1, 0.15) is 5.69 Å². The maximum absolute atomic E-state index is 11.8. The van der Waals surface area contributed by atoms with Gasteiger partial charge < -0.3 is 10.7 Å². The van der Waals surface area contributed by atoms with Crippen LogP contribution in [0.4, 0.5) is 5.82 Å². The van der Waals surface area contributed by atoms with Gasteiger partial charge in [-0.25, -0.2) is 15.8 Å². The summed E-state index contributed by atoms with van der Waals surface area (Å²) < 4.78 is 0. The minimum absolute atomic E-state index is 0.174. The second-order valence-electron chi connectivity index (χ2n) is 4.98. The molecule has 2 rings (SSSR count). The number of rotatable bonds is 5. The second kappa shape index (κ2) is 7.04. The van der Waals surface area contributed by atoms with Crippen molar-refractivity contribution in [1.29, 1.82) is 0 Å². The molecule has 0 spiro atoms. The smallest absolute Gasteiger partial charge is 0.271 e. The van der Waals surface area contributed by atoms with Gasteiger partial charge in [0.25, 0.3) is 5.91 Å². The zero-order chi connectivity index (χ0) is 13.5. The van der Waals surface area contributed by atoms with Crippen molar-refractivity contribution < 1.29 is 4.79 Å². The van der Waals surface area contributed by atoms with Gasteiger partial charge in [0, 0.05) is 6.54 Å². The molecule has 4 N–H and O–H groups in total. The van der Waals surface area contributed by atoms with Crippen molar-refractivity contribution in [2.24, 2.45) is 11.8 Å². The highest BCUT2D eigenvalue weighted by molar-refractivity contribution is 5.91. The fourth-order valence-electron chi connectivity index (χ4n) is 2.48. The van der Waals surface area contributed by atoms with Crippen LogP contribution in [-0.4, -0.2) is 22.4 Å². The summed E-state index contributed by atoms with van der Waals surface area (Å²) in [6.45, 7) is 0.710. The summed E-state index contributed by atoms with van der Waals surface area (Å²) in [5.74, 6) is 6.22. The minimum atomic E-state index is -0.174. The van der Waals surface area contributed by atoms with Crippen molar-refractivity contribution in [3.63, 3.8) is 0 Å². The van der Waals surface area contributed by atoms with E-state index >= 15 is 0 Å². The average molecular weight is 263 g/mol. The molecule has 1 heterocycles. The third-order valence-corrected chi connectivity index (χ3v) is 3.60. The van der Waals surface area contributed by atoms with E-state index < -0.39 is 0 Å². The number of hydrogen-bond acceptors (Lipinski definition) is 5. The van der Waals surface area contributed by atoms with Crippen LogP contribution < -0.4 is 16.6 Å². The molecule has 0 bridgehead atoms. The zero-order valence-electron chi connectivity index (χ0n) is 11.1. The summed E-state index contributed by atoms with van der Waals surface area (Å²) in [6, 6.07) is 0. The van der Waals surface area contributed by atoms with E-state index in [2.05, 4.69) is 20.7 Å². The van der Waals surface area contributed by atoms with Crippen molar-refractivity contribution in [3.05, 3.63) is 18.1 Å². The Morgan fingerprint density at radius 1 is 1.26 bits per heavy atom. The van der Waals surface area contributed by atoms with Crippen molar-refractivity contribution >= 4 is 11.7 Å². The summed E-state index contributed by atoms with van der Waals surface area (Å²) >= 11 is 0. The Hall–Kier alpha value is -1.69. The molecule has 1 saturated carbocycles. The highest BCUT2D eigenvalue weighted by Crippen LogP contribution is 2.25. The number of aromatic nitrogens is 2. The van der Waals surface area contributed by atoms with Gasteiger partial charge in [0.15, 0.2) is 5.82 Å². The minimum Gasteiger partial charge on any atom is -0.351 e. The fraction of sp³-hybridized carbons (Fsp3) is 0.615. The molecule has 0 aliphatic heterocycles. The fourth-order valence-corrected chi connectivity index (χ4v) is 2.48. The molecule has 0 saturated heterocycles. The maximum atomic E-state index is 11.8. The van der Waals surface area contributed by atoms with Crippen LogP contribution in [0.5, 0.6) is 0 Å². The van der Waals surface area contributed by atoms with Gasteiger partial charge in [0.2, 0.25) is 0 Å². The molecule has 0 unspecified atom stereocenters. The predicted molar refractivity (Wildman–Crippen MR) is 73.4 cm³/mol. The number of carbonyl (C=O) groups is 1. The lowest BCUT2D eigenvalue weighted by Gasteiger charge is -2.21. The maximum Gasteiger partial charge on any atom is 0.271 e. The highest BCUT2D eigenvalue weighted by Gasteiger charge is 2.14. The molecule has 0 atom stereocenters. The van der Waals surface area contributed by atoms with E-state index in [-0.39, 0.29) is 5.91 Å². The summed E-state index contributed by atoms with van der Waals surface area (Å²) in [7, 11) is 0. The lowest BCUT2D eigenvalue weighted by Crippen LogP contribution is -2.27. The first-order valence-corrected chi connectivity index (χ1v) is 6.86. The van der Waals surface area contributed by atoms with Crippen LogP contribution in [0.3, 0.4) is 0 Å². The molecule has 1 aromatic rings. The topological polar surface area (TPSA) is 92.9 Å². The zero-order valence-corrected chi connectivity index (χ0v) is 11.1. The van der Waals surface area contributed by atoms with Gasteiger partial charge >= 0.3 is 0 Å². The predicted octanol–water partition coefficient (Wildman–Crippen LogP) is 1.46. The van der Waals surface area contributed by atoms with E-state index in [9.17, 15) is 4.79 Å². The normalized spacial score (nSPS) is 16.1. The summed E-state index contributed by atoms with van der Waals surface area (Å²) in [4.78, 5) is 19.8. The van der Waals surface area contributed by atoms with Crippen LogP contribution in [0.15, 0.2) is 12.4 Å². The number of anilines is 1. The average Bonchev–Trinajstić information content (AvgIpc) is 2.48. The summed E-state index contributed by atoms with van der Waals surface area (Å²) in [5, 5.41) is 2.89. The molecule has 1 aromatic heterocycles. The number of amides is 1. The SMILES string of the molecule is NNc1cnc(C(=O)NCCC2CCCCC2)cn1. The number of hydrogen-bond donors (Lipinski definition) is 3. The van der Waals surface area contributed by atoms with Crippen molar-refractivity contribution in [1.82, 2.24) is 15.3 Å². The number of nitrogens with two attached hydrogens (primary N) is 1. The number of carbonyl (C=O) groups excluding carboxylic acids is 1.